The van der Waals surface area contributed by atoms with Crippen LogP contribution in [0.1, 0.15) is 27.3 Å². The van der Waals surface area contributed by atoms with Gasteiger partial charge in [0.15, 0.2) is 0 Å². The molecule has 0 spiro atoms. The first kappa shape index (κ1) is 12.6. The van der Waals surface area contributed by atoms with Crippen molar-refractivity contribution in [3.8, 4) is 0 Å². The molecule has 0 atom stereocenters. The molecule has 2 aromatic rings. The summed E-state index contributed by atoms with van der Waals surface area (Å²) in [5, 5.41) is 3.36. The summed E-state index contributed by atoms with van der Waals surface area (Å²) < 4.78 is 2.11. The van der Waals surface area contributed by atoms with Crippen molar-refractivity contribution in [3.05, 3.63) is 53.1 Å². The molecule has 5 heteroatoms. The molecule has 2 aliphatic rings. The average molecular weight is 282 g/mol. The van der Waals surface area contributed by atoms with Crippen molar-refractivity contribution < 1.29 is 4.79 Å². The molecule has 4 rings (SSSR count). The number of imidazole rings is 1. The lowest BCUT2D eigenvalue weighted by Crippen LogP contribution is -2.38. The van der Waals surface area contributed by atoms with Gasteiger partial charge in [0.2, 0.25) is 0 Å². The van der Waals surface area contributed by atoms with E-state index in [0.717, 1.165) is 44.0 Å². The number of amides is 1. The van der Waals surface area contributed by atoms with E-state index in [4.69, 9.17) is 0 Å². The highest BCUT2D eigenvalue weighted by atomic mass is 16.2. The first-order chi connectivity index (χ1) is 10.3. The van der Waals surface area contributed by atoms with Gasteiger partial charge in [-0.25, -0.2) is 4.98 Å². The molecule has 2 aliphatic heterocycles. The average Bonchev–Trinajstić information content (AvgIpc) is 3.01. The maximum Gasteiger partial charge on any atom is 0.254 e. The van der Waals surface area contributed by atoms with Crippen LogP contribution in [0.2, 0.25) is 0 Å². The summed E-state index contributed by atoms with van der Waals surface area (Å²) >= 11 is 0. The van der Waals surface area contributed by atoms with Gasteiger partial charge in [0.05, 0.1) is 6.54 Å². The fourth-order valence-electron chi connectivity index (χ4n) is 3.14. The van der Waals surface area contributed by atoms with Crippen LogP contribution >= 0.6 is 0 Å². The molecule has 1 aromatic heterocycles. The number of carbonyl (C=O) groups is 1. The number of carbonyl (C=O) groups excluding carboxylic acids is 1. The molecule has 0 radical (unpaired) electrons. The summed E-state index contributed by atoms with van der Waals surface area (Å²) in [5.41, 5.74) is 3.41. The van der Waals surface area contributed by atoms with E-state index in [2.05, 4.69) is 20.9 Å². The van der Waals surface area contributed by atoms with Gasteiger partial charge >= 0.3 is 0 Å². The van der Waals surface area contributed by atoms with Crippen LogP contribution in [0.25, 0.3) is 0 Å². The largest absolute Gasteiger partial charge is 0.332 e. The van der Waals surface area contributed by atoms with Crippen LogP contribution < -0.4 is 5.32 Å². The van der Waals surface area contributed by atoms with E-state index in [9.17, 15) is 4.79 Å². The summed E-state index contributed by atoms with van der Waals surface area (Å²) in [4.78, 5) is 18.9. The summed E-state index contributed by atoms with van der Waals surface area (Å²) in [6, 6.07) is 6.12. The minimum Gasteiger partial charge on any atom is -0.332 e. The zero-order valence-corrected chi connectivity index (χ0v) is 11.9. The smallest absolute Gasteiger partial charge is 0.254 e. The van der Waals surface area contributed by atoms with Crippen LogP contribution in [0.5, 0.6) is 0 Å². The second kappa shape index (κ2) is 5.00. The fourth-order valence-corrected chi connectivity index (χ4v) is 3.14. The van der Waals surface area contributed by atoms with Crippen molar-refractivity contribution in [1.29, 1.82) is 0 Å². The number of rotatable bonds is 1. The molecule has 0 bridgehead atoms. The van der Waals surface area contributed by atoms with Gasteiger partial charge in [-0.1, -0.05) is 6.07 Å². The Labute approximate surface area is 123 Å². The maximum absolute atomic E-state index is 12.7. The van der Waals surface area contributed by atoms with Gasteiger partial charge in [0.1, 0.15) is 5.82 Å². The SMILES string of the molecule is O=C(c1ccc2c(c1)CNCC2)N1CCn2ccnc2C1. The van der Waals surface area contributed by atoms with Crippen molar-refractivity contribution in [3.63, 3.8) is 0 Å². The molecule has 0 saturated carbocycles. The number of aromatic nitrogens is 2. The third kappa shape index (κ3) is 2.23. The molecule has 21 heavy (non-hydrogen) atoms. The number of hydrogen-bond donors (Lipinski definition) is 1. The molecule has 3 heterocycles. The Hall–Kier alpha value is -2.14. The normalized spacial score (nSPS) is 17.2. The number of nitrogens with one attached hydrogen (secondary N) is 1. The Balaban J connectivity index is 1.58. The van der Waals surface area contributed by atoms with E-state index in [0.29, 0.717) is 6.54 Å². The van der Waals surface area contributed by atoms with Gasteiger partial charge in [0, 0.05) is 37.6 Å². The molecule has 1 N–H and O–H groups in total. The summed E-state index contributed by atoms with van der Waals surface area (Å²) in [6.45, 7) is 4.06. The molecule has 0 fully saturated rings. The van der Waals surface area contributed by atoms with Crippen LogP contribution in [0.15, 0.2) is 30.6 Å². The van der Waals surface area contributed by atoms with Gasteiger partial charge in [0.25, 0.3) is 5.91 Å². The number of benzene rings is 1. The van der Waals surface area contributed by atoms with Gasteiger partial charge in [-0.05, 0) is 36.2 Å². The van der Waals surface area contributed by atoms with E-state index in [1.807, 2.05) is 23.2 Å². The molecular weight excluding hydrogens is 264 g/mol. The third-order valence-corrected chi connectivity index (χ3v) is 4.37. The van der Waals surface area contributed by atoms with Crippen molar-refractivity contribution in [1.82, 2.24) is 19.8 Å². The Morgan fingerprint density at radius 3 is 3.14 bits per heavy atom. The predicted octanol–water partition coefficient (Wildman–Crippen LogP) is 1.18. The molecule has 1 amide bonds. The highest BCUT2D eigenvalue weighted by molar-refractivity contribution is 5.94. The zero-order chi connectivity index (χ0) is 14.2. The minimum atomic E-state index is 0.109. The van der Waals surface area contributed by atoms with Gasteiger partial charge < -0.3 is 14.8 Å². The van der Waals surface area contributed by atoms with Gasteiger partial charge in [-0.2, -0.15) is 0 Å². The lowest BCUT2D eigenvalue weighted by molar-refractivity contribution is 0.0707. The van der Waals surface area contributed by atoms with Crippen LogP contribution in [-0.2, 0) is 26.1 Å². The second-order valence-corrected chi connectivity index (χ2v) is 5.67. The Kier molecular flexibility index (Phi) is 3.00. The van der Waals surface area contributed by atoms with E-state index in [-0.39, 0.29) is 5.91 Å². The molecule has 1 aromatic carbocycles. The third-order valence-electron chi connectivity index (χ3n) is 4.37. The van der Waals surface area contributed by atoms with Crippen molar-refractivity contribution in [2.45, 2.75) is 26.1 Å². The molecule has 108 valence electrons. The molecular formula is C16H18N4O. The molecule has 0 aliphatic carbocycles. The van der Waals surface area contributed by atoms with Crippen molar-refractivity contribution in [2.24, 2.45) is 0 Å². The van der Waals surface area contributed by atoms with E-state index < -0.39 is 0 Å². The molecule has 0 saturated heterocycles. The lowest BCUT2D eigenvalue weighted by Gasteiger charge is -2.28. The summed E-state index contributed by atoms with van der Waals surface area (Å²) in [5.74, 6) is 1.08. The van der Waals surface area contributed by atoms with Gasteiger partial charge in [-0.3, -0.25) is 4.79 Å². The lowest BCUT2D eigenvalue weighted by atomic mass is 9.98. The Bertz CT molecular complexity index is 691. The Morgan fingerprint density at radius 1 is 1.24 bits per heavy atom. The predicted molar refractivity (Wildman–Crippen MR) is 78.8 cm³/mol. The van der Waals surface area contributed by atoms with Crippen molar-refractivity contribution in [2.75, 3.05) is 13.1 Å². The van der Waals surface area contributed by atoms with Crippen LogP contribution in [-0.4, -0.2) is 33.4 Å². The highest BCUT2D eigenvalue weighted by Gasteiger charge is 2.23. The first-order valence-corrected chi connectivity index (χ1v) is 7.43. The quantitative estimate of drug-likeness (QED) is 0.854. The van der Waals surface area contributed by atoms with Crippen LogP contribution in [0.3, 0.4) is 0 Å². The van der Waals surface area contributed by atoms with Crippen LogP contribution in [0, 0.1) is 0 Å². The standard InChI is InChI=1S/C16H18N4O/c21-16(20-8-7-19-6-5-18-15(19)11-20)13-2-1-12-3-4-17-10-14(12)9-13/h1-2,5-6,9,17H,3-4,7-8,10-11H2. The van der Waals surface area contributed by atoms with Crippen molar-refractivity contribution >= 4 is 5.91 Å². The number of nitrogens with zero attached hydrogens (tertiary/aromatic N) is 3. The van der Waals surface area contributed by atoms with E-state index >= 15 is 0 Å². The minimum absolute atomic E-state index is 0.109. The van der Waals surface area contributed by atoms with Gasteiger partial charge in [-0.15, -0.1) is 0 Å². The fraction of sp³-hybridized carbons (Fsp3) is 0.375. The summed E-state index contributed by atoms with van der Waals surface area (Å²) in [7, 11) is 0. The number of hydrogen-bond acceptors (Lipinski definition) is 3. The first-order valence-electron chi connectivity index (χ1n) is 7.43. The molecule has 0 unspecified atom stereocenters. The number of fused-ring (bicyclic) bond motifs is 2. The zero-order valence-electron chi connectivity index (χ0n) is 11.9. The molecule has 5 nitrogen and oxygen atoms in total. The topological polar surface area (TPSA) is 50.2 Å². The van der Waals surface area contributed by atoms with E-state index in [1.54, 1.807) is 6.20 Å². The van der Waals surface area contributed by atoms with Crippen LogP contribution in [0.4, 0.5) is 0 Å². The second-order valence-electron chi connectivity index (χ2n) is 5.67. The van der Waals surface area contributed by atoms with E-state index in [1.165, 1.54) is 11.1 Å². The Morgan fingerprint density at radius 2 is 2.19 bits per heavy atom. The maximum atomic E-state index is 12.7. The monoisotopic (exact) mass is 282 g/mol. The highest BCUT2D eigenvalue weighted by Crippen LogP contribution is 2.19. The summed E-state index contributed by atoms with van der Waals surface area (Å²) in [6.07, 6.45) is 4.82.